The summed E-state index contributed by atoms with van der Waals surface area (Å²) in [7, 11) is 4.84. The Morgan fingerprint density at radius 2 is 1.51 bits per heavy atom. The van der Waals surface area contributed by atoms with Gasteiger partial charge in [0, 0.05) is 36.3 Å². The summed E-state index contributed by atoms with van der Waals surface area (Å²) in [6, 6.07) is 9.57. The van der Waals surface area contributed by atoms with Gasteiger partial charge in [0.1, 0.15) is 22.8 Å². The van der Waals surface area contributed by atoms with Crippen LogP contribution in [0.3, 0.4) is 0 Å². The Balaban J connectivity index is 2.37. The van der Waals surface area contributed by atoms with Gasteiger partial charge in [0.05, 0.1) is 21.3 Å². The molecule has 1 atom stereocenters. The number of alkyl carbamates (subject to hydrolysis) is 1. The summed E-state index contributed by atoms with van der Waals surface area (Å²) in [5.41, 5.74) is 2.68. The first-order valence-corrected chi connectivity index (χ1v) is 14.4. The molecule has 0 aliphatic carbocycles. The monoisotopic (exact) mass is 570 g/mol. The number of nitrogens with one attached hydrogen (secondary N) is 2. The van der Waals surface area contributed by atoms with Gasteiger partial charge in [-0.3, -0.25) is 4.79 Å². The van der Waals surface area contributed by atoms with E-state index in [0.29, 0.717) is 17.2 Å². The molecule has 2 rings (SSSR count). The molecule has 8 nitrogen and oxygen atoms in total. The van der Waals surface area contributed by atoms with Crippen LogP contribution in [0.25, 0.3) is 0 Å². The van der Waals surface area contributed by atoms with Crippen LogP contribution in [0, 0.1) is 0 Å². The summed E-state index contributed by atoms with van der Waals surface area (Å²) < 4.78 is 22.3. The normalized spacial score (nSPS) is 12.3. The second-order valence-corrected chi connectivity index (χ2v) is 12.4. The van der Waals surface area contributed by atoms with Gasteiger partial charge < -0.3 is 29.6 Å². The Bertz CT molecular complexity index is 1140. The number of rotatable bonds is 13. The lowest BCUT2D eigenvalue weighted by atomic mass is 9.84. The van der Waals surface area contributed by atoms with E-state index in [0.717, 1.165) is 48.1 Å². The van der Waals surface area contributed by atoms with E-state index in [9.17, 15) is 9.59 Å². The second-order valence-electron chi connectivity index (χ2n) is 12.4. The second kappa shape index (κ2) is 15.0. The molecular formula is C33H50N2O6. The molecule has 0 radical (unpaired) electrons. The minimum Gasteiger partial charge on any atom is -0.496 e. The third-order valence-electron chi connectivity index (χ3n) is 6.75. The van der Waals surface area contributed by atoms with E-state index in [2.05, 4.69) is 38.3 Å². The highest BCUT2D eigenvalue weighted by atomic mass is 16.6. The van der Waals surface area contributed by atoms with Crippen LogP contribution in [0.1, 0.15) is 103 Å². The topological polar surface area (TPSA) is 95.1 Å². The number of benzene rings is 2. The third-order valence-corrected chi connectivity index (χ3v) is 6.75. The van der Waals surface area contributed by atoms with E-state index in [1.54, 1.807) is 21.3 Å². The van der Waals surface area contributed by atoms with Crippen LogP contribution in [0.5, 0.6) is 17.2 Å². The number of hydrogen-bond donors (Lipinski definition) is 2. The SMILES string of the molecule is CCCCCC(CC(=O)Nc1cc(CNC(=O)OC(C)(C)C)ccc1C(C)(C)C)c1c(OC)cc(OC)cc1OC. The van der Waals surface area contributed by atoms with Gasteiger partial charge in [-0.2, -0.15) is 0 Å². The van der Waals surface area contributed by atoms with Crippen molar-refractivity contribution in [3.63, 3.8) is 0 Å². The first-order chi connectivity index (χ1) is 19.2. The summed E-state index contributed by atoms with van der Waals surface area (Å²) in [6.07, 6.45) is 3.71. The number of carbonyl (C=O) groups is 2. The molecule has 0 fully saturated rings. The van der Waals surface area contributed by atoms with Crippen molar-refractivity contribution >= 4 is 17.7 Å². The van der Waals surface area contributed by atoms with Crippen molar-refractivity contribution in [2.45, 2.75) is 104 Å². The Morgan fingerprint density at radius 3 is 2.02 bits per heavy atom. The molecule has 0 aliphatic heterocycles. The van der Waals surface area contributed by atoms with Crippen LogP contribution >= 0.6 is 0 Å². The van der Waals surface area contributed by atoms with E-state index >= 15 is 0 Å². The highest BCUT2D eigenvalue weighted by molar-refractivity contribution is 5.92. The van der Waals surface area contributed by atoms with E-state index in [1.165, 1.54) is 0 Å². The maximum atomic E-state index is 13.7. The molecule has 0 saturated carbocycles. The predicted octanol–water partition coefficient (Wildman–Crippen LogP) is 7.73. The van der Waals surface area contributed by atoms with E-state index in [4.69, 9.17) is 18.9 Å². The Hall–Kier alpha value is -3.42. The summed E-state index contributed by atoms with van der Waals surface area (Å²) in [5.74, 6) is 1.69. The van der Waals surface area contributed by atoms with E-state index < -0.39 is 11.7 Å². The van der Waals surface area contributed by atoms with Gasteiger partial charge in [0.25, 0.3) is 0 Å². The predicted molar refractivity (Wildman–Crippen MR) is 164 cm³/mol. The molecule has 41 heavy (non-hydrogen) atoms. The van der Waals surface area contributed by atoms with Crippen LogP contribution in [0.4, 0.5) is 10.5 Å². The minimum absolute atomic E-state index is 0.103. The minimum atomic E-state index is -0.581. The molecule has 0 aromatic heterocycles. The van der Waals surface area contributed by atoms with Crippen LogP contribution in [-0.4, -0.2) is 38.9 Å². The Morgan fingerprint density at radius 1 is 0.878 bits per heavy atom. The van der Waals surface area contributed by atoms with Gasteiger partial charge in [-0.25, -0.2) is 4.79 Å². The molecule has 8 heteroatoms. The Labute approximate surface area is 246 Å². The molecule has 2 N–H and O–H groups in total. The first kappa shape index (κ1) is 33.8. The van der Waals surface area contributed by atoms with E-state index in [1.807, 2.05) is 51.1 Å². The number of anilines is 1. The molecule has 228 valence electrons. The van der Waals surface area contributed by atoms with Crippen molar-refractivity contribution in [3.8, 4) is 17.2 Å². The molecule has 0 heterocycles. The zero-order chi connectivity index (χ0) is 30.8. The highest BCUT2D eigenvalue weighted by Crippen LogP contribution is 2.43. The number of methoxy groups -OCH3 is 3. The molecular weight excluding hydrogens is 520 g/mol. The maximum Gasteiger partial charge on any atom is 0.407 e. The number of ether oxygens (including phenoxy) is 4. The quantitative estimate of drug-likeness (QED) is 0.239. The van der Waals surface area contributed by atoms with Crippen LogP contribution in [-0.2, 0) is 21.5 Å². The first-order valence-electron chi connectivity index (χ1n) is 14.4. The highest BCUT2D eigenvalue weighted by Gasteiger charge is 2.26. The van der Waals surface area contributed by atoms with Crippen molar-refractivity contribution in [1.82, 2.24) is 5.32 Å². The molecule has 0 spiro atoms. The summed E-state index contributed by atoms with van der Waals surface area (Å²) >= 11 is 0. The zero-order valence-electron chi connectivity index (χ0n) is 26.7. The smallest absolute Gasteiger partial charge is 0.407 e. The molecule has 0 saturated heterocycles. The standard InChI is InChI=1S/C33H50N2O6/c1-11-12-13-14-23(30-27(39-9)19-24(38-8)20-28(30)40-10)18-29(36)35-26-17-22(15-16-25(26)32(2,3)4)21-34-31(37)41-33(5,6)7/h15-17,19-20,23H,11-14,18,21H2,1-10H3,(H,34,37)(H,35,36). The van der Waals surface area contributed by atoms with Gasteiger partial charge in [0.2, 0.25) is 5.91 Å². The van der Waals surface area contributed by atoms with Gasteiger partial charge in [-0.1, -0.05) is 59.1 Å². The fourth-order valence-electron chi connectivity index (χ4n) is 4.80. The van der Waals surface area contributed by atoms with Gasteiger partial charge >= 0.3 is 6.09 Å². The fraction of sp³-hybridized carbons (Fsp3) is 0.576. The summed E-state index contributed by atoms with van der Waals surface area (Å²) in [6.45, 7) is 14.2. The number of amides is 2. The lowest BCUT2D eigenvalue weighted by Crippen LogP contribution is -2.32. The van der Waals surface area contributed by atoms with Crippen molar-refractivity contribution in [1.29, 1.82) is 0 Å². The molecule has 2 aromatic carbocycles. The van der Waals surface area contributed by atoms with Crippen LogP contribution in [0.15, 0.2) is 30.3 Å². The number of carbonyl (C=O) groups excluding carboxylic acids is 2. The third kappa shape index (κ3) is 10.5. The molecule has 0 bridgehead atoms. The molecule has 0 aliphatic rings. The van der Waals surface area contributed by atoms with Gasteiger partial charge in [-0.05, 0) is 55.7 Å². The van der Waals surface area contributed by atoms with Gasteiger partial charge in [-0.15, -0.1) is 0 Å². The number of hydrogen-bond acceptors (Lipinski definition) is 6. The van der Waals surface area contributed by atoms with Crippen molar-refractivity contribution in [2.75, 3.05) is 26.6 Å². The van der Waals surface area contributed by atoms with E-state index in [-0.39, 0.29) is 30.2 Å². The average molecular weight is 571 g/mol. The van der Waals surface area contributed by atoms with Crippen molar-refractivity contribution in [2.24, 2.45) is 0 Å². The summed E-state index contributed by atoms with van der Waals surface area (Å²) in [4.78, 5) is 25.9. The lowest BCUT2D eigenvalue weighted by molar-refractivity contribution is -0.116. The molecule has 1 unspecified atom stereocenters. The van der Waals surface area contributed by atoms with Crippen molar-refractivity contribution < 1.29 is 28.5 Å². The largest absolute Gasteiger partial charge is 0.496 e. The zero-order valence-corrected chi connectivity index (χ0v) is 26.7. The summed E-state index contributed by atoms with van der Waals surface area (Å²) in [5, 5.41) is 5.98. The molecule has 2 amide bonds. The molecule has 2 aromatic rings. The fourth-order valence-corrected chi connectivity index (χ4v) is 4.80. The Kier molecular flexibility index (Phi) is 12.4. The van der Waals surface area contributed by atoms with Crippen molar-refractivity contribution in [3.05, 3.63) is 47.0 Å². The average Bonchev–Trinajstić information content (AvgIpc) is 2.89. The van der Waals surface area contributed by atoms with Gasteiger partial charge in [0.15, 0.2) is 0 Å². The maximum absolute atomic E-state index is 13.7. The number of unbranched alkanes of at least 4 members (excludes halogenated alkanes) is 2. The lowest BCUT2D eigenvalue weighted by Gasteiger charge is -2.26. The van der Waals surface area contributed by atoms with Crippen LogP contribution < -0.4 is 24.8 Å². The van der Waals surface area contributed by atoms with Crippen LogP contribution in [0.2, 0.25) is 0 Å².